The zero-order chi connectivity index (χ0) is 14.8. The summed E-state index contributed by atoms with van der Waals surface area (Å²) in [7, 11) is -3.61. The molecule has 0 aliphatic carbocycles. The second-order valence-corrected chi connectivity index (χ2v) is 7.91. The van der Waals surface area contributed by atoms with E-state index < -0.39 is 27.0 Å². The molecule has 1 rings (SSSR count). The molecule has 0 aromatic carbocycles. The topological polar surface area (TPSA) is 92.9 Å². The number of thiocarbonyl (C=S) groups is 1. The van der Waals surface area contributed by atoms with Crippen LogP contribution in [-0.2, 0) is 14.8 Å². The Bertz CT molecular complexity index is 436. The van der Waals surface area contributed by atoms with Crippen molar-refractivity contribution in [3.8, 4) is 0 Å². The average molecular weight is 310 g/mol. The van der Waals surface area contributed by atoms with Gasteiger partial charge in [-0.15, -0.1) is 0 Å². The lowest BCUT2D eigenvalue weighted by Crippen LogP contribution is -2.58. The van der Waals surface area contributed by atoms with Crippen molar-refractivity contribution in [1.29, 1.82) is 0 Å². The Morgan fingerprint density at radius 3 is 2.63 bits per heavy atom. The van der Waals surface area contributed by atoms with E-state index in [4.69, 9.17) is 22.7 Å². The minimum atomic E-state index is -3.61. The first-order chi connectivity index (χ1) is 8.64. The van der Waals surface area contributed by atoms with E-state index in [9.17, 15) is 13.5 Å². The molecule has 1 saturated heterocycles. The van der Waals surface area contributed by atoms with Crippen LogP contribution in [0.5, 0.6) is 0 Å². The second kappa shape index (κ2) is 6.01. The van der Waals surface area contributed by atoms with Crippen molar-refractivity contribution >= 4 is 27.2 Å². The van der Waals surface area contributed by atoms with Crippen LogP contribution in [0, 0.1) is 0 Å². The molecule has 19 heavy (non-hydrogen) atoms. The summed E-state index contributed by atoms with van der Waals surface area (Å²) < 4.78 is 32.0. The molecule has 0 amide bonds. The maximum atomic E-state index is 12.5. The molecule has 0 spiro atoms. The first-order valence-electron chi connectivity index (χ1n) is 6.21. The maximum absolute atomic E-state index is 12.5. The Kier molecular flexibility index (Phi) is 5.30. The Labute approximate surface area is 120 Å². The molecule has 1 fully saturated rings. The molecule has 0 saturated carbocycles. The van der Waals surface area contributed by atoms with Gasteiger partial charge in [-0.1, -0.05) is 19.1 Å². The predicted molar refractivity (Wildman–Crippen MR) is 77.4 cm³/mol. The van der Waals surface area contributed by atoms with Gasteiger partial charge >= 0.3 is 0 Å². The third kappa shape index (κ3) is 3.85. The summed E-state index contributed by atoms with van der Waals surface area (Å²) in [5.41, 5.74) is 4.87. The SMILES string of the molecule is CCC(C(N)=S)S(=O)(=O)N1CC(CO)OC(C)(C)C1. The van der Waals surface area contributed by atoms with Crippen molar-refractivity contribution in [2.24, 2.45) is 5.73 Å². The molecule has 0 aromatic heterocycles. The summed E-state index contributed by atoms with van der Waals surface area (Å²) >= 11 is 4.84. The maximum Gasteiger partial charge on any atom is 0.223 e. The molecule has 2 atom stereocenters. The van der Waals surface area contributed by atoms with E-state index in [0.717, 1.165) is 0 Å². The van der Waals surface area contributed by atoms with Gasteiger partial charge in [0, 0.05) is 13.1 Å². The van der Waals surface area contributed by atoms with Crippen LogP contribution in [0.1, 0.15) is 27.2 Å². The lowest BCUT2D eigenvalue weighted by atomic mass is 10.1. The molecular formula is C11H22N2O4S2. The number of sulfonamides is 1. The third-order valence-electron chi connectivity index (χ3n) is 3.06. The fraction of sp³-hybridized carbons (Fsp3) is 0.909. The van der Waals surface area contributed by atoms with Crippen molar-refractivity contribution in [3.05, 3.63) is 0 Å². The van der Waals surface area contributed by atoms with Crippen LogP contribution in [0.25, 0.3) is 0 Å². The highest BCUT2D eigenvalue weighted by atomic mass is 32.2. The first kappa shape index (κ1) is 16.8. The highest BCUT2D eigenvalue weighted by Gasteiger charge is 2.42. The number of aliphatic hydroxyl groups is 1. The van der Waals surface area contributed by atoms with Crippen LogP contribution in [0.3, 0.4) is 0 Å². The number of nitrogens with two attached hydrogens (primary N) is 1. The third-order valence-corrected chi connectivity index (χ3v) is 5.80. The van der Waals surface area contributed by atoms with Gasteiger partial charge in [-0.25, -0.2) is 8.42 Å². The lowest BCUT2D eigenvalue weighted by molar-refractivity contribution is -0.131. The van der Waals surface area contributed by atoms with E-state index in [1.807, 2.05) is 0 Å². The molecule has 2 unspecified atom stereocenters. The summed E-state index contributed by atoms with van der Waals surface area (Å²) in [5.74, 6) is 0. The minimum absolute atomic E-state index is 0.0210. The standard InChI is InChI=1S/C11H22N2O4S2/c1-4-9(10(12)18)19(15,16)13-5-8(6-14)17-11(2,3)7-13/h8-9,14H,4-7H2,1-3H3,(H2,12,18). The first-order valence-corrected chi connectivity index (χ1v) is 8.12. The number of aliphatic hydroxyl groups excluding tert-OH is 1. The van der Waals surface area contributed by atoms with Gasteiger partial charge in [-0.05, 0) is 20.3 Å². The van der Waals surface area contributed by atoms with Gasteiger partial charge in [0.2, 0.25) is 10.0 Å². The van der Waals surface area contributed by atoms with Gasteiger partial charge in [0.15, 0.2) is 0 Å². The zero-order valence-corrected chi connectivity index (χ0v) is 13.1. The van der Waals surface area contributed by atoms with Crippen LogP contribution in [0.4, 0.5) is 0 Å². The fourth-order valence-electron chi connectivity index (χ4n) is 2.27. The summed E-state index contributed by atoms with van der Waals surface area (Å²) in [6.07, 6.45) is -0.193. The summed E-state index contributed by atoms with van der Waals surface area (Å²) in [5, 5.41) is 8.35. The van der Waals surface area contributed by atoms with Gasteiger partial charge in [-0.3, -0.25) is 0 Å². The van der Waals surface area contributed by atoms with Crippen LogP contribution in [0.2, 0.25) is 0 Å². The molecule has 0 bridgehead atoms. The van der Waals surface area contributed by atoms with Crippen LogP contribution in [-0.4, -0.2) is 59.5 Å². The van der Waals surface area contributed by atoms with Crippen LogP contribution in [0.15, 0.2) is 0 Å². The fourth-order valence-corrected chi connectivity index (χ4v) is 4.74. The van der Waals surface area contributed by atoms with Crippen LogP contribution >= 0.6 is 12.2 Å². The highest BCUT2D eigenvalue weighted by Crippen LogP contribution is 2.25. The molecule has 8 heteroatoms. The molecule has 1 aliphatic rings. The van der Waals surface area contributed by atoms with E-state index in [1.165, 1.54) is 4.31 Å². The molecule has 112 valence electrons. The Morgan fingerprint density at radius 2 is 2.21 bits per heavy atom. The van der Waals surface area contributed by atoms with Crippen molar-refractivity contribution in [1.82, 2.24) is 4.31 Å². The number of rotatable bonds is 5. The Hall–Kier alpha value is -0.280. The Balaban J connectivity index is 3.03. The molecule has 0 aromatic rings. The molecule has 6 nitrogen and oxygen atoms in total. The smallest absolute Gasteiger partial charge is 0.223 e. The van der Waals surface area contributed by atoms with Crippen molar-refractivity contribution < 1.29 is 18.3 Å². The zero-order valence-electron chi connectivity index (χ0n) is 11.5. The van der Waals surface area contributed by atoms with E-state index in [1.54, 1.807) is 20.8 Å². The van der Waals surface area contributed by atoms with E-state index in [0.29, 0.717) is 6.42 Å². The van der Waals surface area contributed by atoms with Gasteiger partial charge in [-0.2, -0.15) is 4.31 Å². The minimum Gasteiger partial charge on any atom is -0.394 e. The van der Waals surface area contributed by atoms with Crippen LogP contribution < -0.4 is 5.73 Å². The Morgan fingerprint density at radius 1 is 1.63 bits per heavy atom. The quantitative estimate of drug-likeness (QED) is 0.686. The summed E-state index contributed by atoms with van der Waals surface area (Å²) in [6.45, 7) is 5.44. The molecule has 3 N–H and O–H groups in total. The van der Waals surface area contributed by atoms with Gasteiger partial charge < -0.3 is 15.6 Å². The number of morpholine rings is 1. The lowest BCUT2D eigenvalue weighted by Gasteiger charge is -2.42. The predicted octanol–water partition coefficient (Wildman–Crippen LogP) is -0.147. The normalized spacial score (nSPS) is 26.0. The number of hydrogen-bond acceptors (Lipinski definition) is 5. The van der Waals surface area contributed by atoms with Gasteiger partial charge in [0.1, 0.15) is 5.25 Å². The average Bonchev–Trinajstić information content (AvgIpc) is 2.26. The molecular weight excluding hydrogens is 288 g/mol. The van der Waals surface area contributed by atoms with E-state index in [2.05, 4.69) is 0 Å². The summed E-state index contributed by atoms with van der Waals surface area (Å²) in [4.78, 5) is -0.0210. The number of hydrogen-bond donors (Lipinski definition) is 2. The van der Waals surface area contributed by atoms with Crippen molar-refractivity contribution in [2.75, 3.05) is 19.7 Å². The van der Waals surface area contributed by atoms with Crippen molar-refractivity contribution in [3.63, 3.8) is 0 Å². The second-order valence-electron chi connectivity index (χ2n) is 5.32. The highest BCUT2D eigenvalue weighted by molar-refractivity contribution is 7.92. The monoisotopic (exact) mass is 310 g/mol. The van der Waals surface area contributed by atoms with Gasteiger partial charge in [0.25, 0.3) is 0 Å². The number of ether oxygens (including phenoxy) is 1. The number of nitrogens with zero attached hydrogens (tertiary/aromatic N) is 1. The molecule has 1 aliphatic heterocycles. The summed E-state index contributed by atoms with van der Waals surface area (Å²) in [6, 6.07) is 0. The van der Waals surface area contributed by atoms with E-state index >= 15 is 0 Å². The van der Waals surface area contributed by atoms with Gasteiger partial charge in [0.05, 0.1) is 23.3 Å². The molecule has 1 heterocycles. The largest absolute Gasteiger partial charge is 0.394 e. The van der Waals surface area contributed by atoms with Crippen molar-refractivity contribution in [2.45, 2.75) is 44.1 Å². The van der Waals surface area contributed by atoms with E-state index in [-0.39, 0.29) is 24.7 Å². The molecule has 0 radical (unpaired) electrons.